The minimum Gasteiger partial charge on any atom is -0.486 e. The van der Waals surface area contributed by atoms with Gasteiger partial charge in [0, 0.05) is 22.3 Å². The van der Waals surface area contributed by atoms with E-state index in [0.29, 0.717) is 19.0 Å². The Morgan fingerprint density at radius 2 is 1.95 bits per heavy atom. The monoisotopic (exact) mass is 281 g/mol. The summed E-state index contributed by atoms with van der Waals surface area (Å²) >= 11 is 0. The van der Waals surface area contributed by atoms with Crippen LogP contribution in [-0.2, 0) is 10.8 Å². The number of hydrogen-bond donors (Lipinski definition) is 1. The number of ether oxygens (including phenoxy) is 2. The Hall–Kier alpha value is -1.07. The molecule has 0 spiro atoms. The first-order valence-corrected chi connectivity index (χ1v) is 8.01. The summed E-state index contributed by atoms with van der Waals surface area (Å²) < 4.78 is 23.6. The van der Waals surface area contributed by atoms with Crippen molar-refractivity contribution >= 4 is 10.8 Å². The molecule has 3 unspecified atom stereocenters. The summed E-state index contributed by atoms with van der Waals surface area (Å²) in [6.07, 6.45) is 3.97. The maximum atomic E-state index is 12.6. The quantitative estimate of drug-likeness (QED) is 0.898. The van der Waals surface area contributed by atoms with Crippen LogP contribution in [0.25, 0.3) is 0 Å². The molecule has 1 aliphatic carbocycles. The Morgan fingerprint density at radius 3 is 2.74 bits per heavy atom. The Kier molecular flexibility index (Phi) is 3.75. The van der Waals surface area contributed by atoms with Crippen LogP contribution < -0.4 is 15.2 Å². The molecule has 1 aliphatic heterocycles. The van der Waals surface area contributed by atoms with Gasteiger partial charge in [-0.1, -0.05) is 6.42 Å². The molecule has 3 rings (SSSR count). The normalized spacial score (nSPS) is 27.8. The zero-order valence-electron chi connectivity index (χ0n) is 10.8. The summed E-state index contributed by atoms with van der Waals surface area (Å²) in [5, 5.41) is 0.173. The molecule has 1 heterocycles. The first-order chi connectivity index (χ1) is 9.24. The van der Waals surface area contributed by atoms with Gasteiger partial charge in [0.2, 0.25) is 0 Å². The average molecular weight is 281 g/mol. The highest BCUT2D eigenvalue weighted by Crippen LogP contribution is 2.34. The summed E-state index contributed by atoms with van der Waals surface area (Å²) in [6, 6.07) is 5.78. The Labute approximate surface area is 115 Å². The van der Waals surface area contributed by atoms with E-state index in [0.717, 1.165) is 36.3 Å². The molecule has 1 fully saturated rings. The smallest absolute Gasteiger partial charge is 0.162 e. The van der Waals surface area contributed by atoms with Crippen LogP contribution in [0.2, 0.25) is 0 Å². The highest BCUT2D eigenvalue weighted by Gasteiger charge is 2.26. The van der Waals surface area contributed by atoms with E-state index in [-0.39, 0.29) is 11.3 Å². The first kappa shape index (κ1) is 12.9. The van der Waals surface area contributed by atoms with E-state index in [1.807, 2.05) is 18.2 Å². The molecule has 0 amide bonds. The van der Waals surface area contributed by atoms with Crippen LogP contribution in [0.3, 0.4) is 0 Å². The van der Waals surface area contributed by atoms with Crippen molar-refractivity contribution in [2.45, 2.75) is 41.9 Å². The van der Waals surface area contributed by atoms with Gasteiger partial charge in [-0.2, -0.15) is 0 Å². The van der Waals surface area contributed by atoms with Gasteiger partial charge in [-0.15, -0.1) is 0 Å². The standard InChI is InChI=1S/C14H19NO3S/c15-10-2-1-3-11(8-10)19(16)12-4-5-13-14(9-12)18-7-6-17-13/h4-5,9-11H,1-3,6-8,15H2. The average Bonchev–Trinajstić information content (AvgIpc) is 2.46. The summed E-state index contributed by atoms with van der Waals surface area (Å²) in [4.78, 5) is 0.823. The lowest BCUT2D eigenvalue weighted by Gasteiger charge is -2.26. The predicted molar refractivity (Wildman–Crippen MR) is 74.1 cm³/mol. The van der Waals surface area contributed by atoms with Gasteiger partial charge in [0.15, 0.2) is 11.5 Å². The van der Waals surface area contributed by atoms with Gasteiger partial charge in [0.1, 0.15) is 13.2 Å². The number of nitrogens with two attached hydrogens (primary N) is 1. The molecular weight excluding hydrogens is 262 g/mol. The van der Waals surface area contributed by atoms with E-state index < -0.39 is 10.8 Å². The Morgan fingerprint density at radius 1 is 1.16 bits per heavy atom. The topological polar surface area (TPSA) is 61.6 Å². The zero-order chi connectivity index (χ0) is 13.2. The van der Waals surface area contributed by atoms with Crippen molar-refractivity contribution in [3.8, 4) is 11.5 Å². The van der Waals surface area contributed by atoms with Crippen LogP contribution in [0.15, 0.2) is 23.1 Å². The molecule has 104 valence electrons. The van der Waals surface area contributed by atoms with E-state index in [9.17, 15) is 4.21 Å². The van der Waals surface area contributed by atoms with E-state index >= 15 is 0 Å². The van der Waals surface area contributed by atoms with Crippen molar-refractivity contribution in [2.24, 2.45) is 5.73 Å². The van der Waals surface area contributed by atoms with Crippen molar-refractivity contribution in [3.63, 3.8) is 0 Å². The molecule has 3 atom stereocenters. The third-order valence-corrected chi connectivity index (χ3v) is 5.47. The van der Waals surface area contributed by atoms with Crippen LogP contribution in [-0.4, -0.2) is 28.7 Å². The van der Waals surface area contributed by atoms with Gasteiger partial charge < -0.3 is 15.2 Å². The largest absolute Gasteiger partial charge is 0.486 e. The molecule has 2 aliphatic rings. The molecule has 1 aromatic rings. The van der Waals surface area contributed by atoms with Crippen LogP contribution in [0.4, 0.5) is 0 Å². The molecule has 4 nitrogen and oxygen atoms in total. The summed E-state index contributed by atoms with van der Waals surface area (Å²) in [7, 11) is -1.00. The van der Waals surface area contributed by atoms with E-state index in [1.165, 1.54) is 0 Å². The maximum absolute atomic E-state index is 12.6. The SMILES string of the molecule is NC1CCCC(S(=O)c2ccc3c(c2)OCCO3)C1. The van der Waals surface area contributed by atoms with Crippen LogP contribution >= 0.6 is 0 Å². The molecule has 2 N–H and O–H groups in total. The third-order valence-electron chi connectivity index (χ3n) is 3.72. The molecule has 1 aromatic carbocycles. The lowest BCUT2D eigenvalue weighted by atomic mass is 9.96. The van der Waals surface area contributed by atoms with Crippen molar-refractivity contribution in [2.75, 3.05) is 13.2 Å². The molecule has 19 heavy (non-hydrogen) atoms. The van der Waals surface area contributed by atoms with Crippen molar-refractivity contribution in [1.29, 1.82) is 0 Å². The van der Waals surface area contributed by atoms with E-state index in [2.05, 4.69) is 0 Å². The number of benzene rings is 1. The minimum atomic E-state index is -1.00. The summed E-state index contributed by atoms with van der Waals surface area (Å²) in [5.41, 5.74) is 5.97. The van der Waals surface area contributed by atoms with Gasteiger partial charge in [0.25, 0.3) is 0 Å². The molecule has 0 bridgehead atoms. The van der Waals surface area contributed by atoms with Crippen molar-refractivity contribution in [1.82, 2.24) is 0 Å². The second-order valence-corrected chi connectivity index (χ2v) is 6.88. The Balaban J connectivity index is 1.79. The number of fused-ring (bicyclic) bond motifs is 1. The molecule has 0 radical (unpaired) electrons. The number of rotatable bonds is 2. The lowest BCUT2D eigenvalue weighted by Crippen LogP contribution is -2.33. The molecule has 0 saturated heterocycles. The molecule has 0 aromatic heterocycles. The molecule has 1 saturated carbocycles. The zero-order valence-corrected chi connectivity index (χ0v) is 11.7. The fourth-order valence-electron chi connectivity index (χ4n) is 2.72. The highest BCUT2D eigenvalue weighted by molar-refractivity contribution is 7.85. The van der Waals surface area contributed by atoms with Crippen LogP contribution in [0.1, 0.15) is 25.7 Å². The maximum Gasteiger partial charge on any atom is 0.162 e. The van der Waals surface area contributed by atoms with Crippen molar-refractivity contribution in [3.05, 3.63) is 18.2 Å². The lowest BCUT2D eigenvalue weighted by molar-refractivity contribution is 0.171. The van der Waals surface area contributed by atoms with Gasteiger partial charge in [-0.05, 0) is 31.4 Å². The van der Waals surface area contributed by atoms with Crippen LogP contribution in [0.5, 0.6) is 11.5 Å². The van der Waals surface area contributed by atoms with Crippen LogP contribution in [0, 0.1) is 0 Å². The fraction of sp³-hybridized carbons (Fsp3) is 0.571. The van der Waals surface area contributed by atoms with Gasteiger partial charge in [-0.3, -0.25) is 4.21 Å². The van der Waals surface area contributed by atoms with E-state index in [1.54, 1.807) is 0 Å². The van der Waals surface area contributed by atoms with Gasteiger partial charge >= 0.3 is 0 Å². The summed E-state index contributed by atoms with van der Waals surface area (Å²) in [5.74, 6) is 1.45. The first-order valence-electron chi connectivity index (χ1n) is 6.80. The van der Waals surface area contributed by atoms with Gasteiger partial charge in [-0.25, -0.2) is 0 Å². The predicted octanol–water partition coefficient (Wildman–Crippen LogP) is 1.84. The number of hydrogen-bond acceptors (Lipinski definition) is 4. The molecular formula is C14H19NO3S. The van der Waals surface area contributed by atoms with E-state index in [4.69, 9.17) is 15.2 Å². The third kappa shape index (κ3) is 2.77. The Bertz CT molecular complexity index is 492. The fourth-order valence-corrected chi connectivity index (χ4v) is 4.33. The van der Waals surface area contributed by atoms with Gasteiger partial charge in [0.05, 0.1) is 10.8 Å². The minimum absolute atomic E-state index is 0.173. The molecule has 5 heteroatoms. The van der Waals surface area contributed by atoms with Crippen molar-refractivity contribution < 1.29 is 13.7 Å². The highest BCUT2D eigenvalue weighted by atomic mass is 32.2. The summed E-state index contributed by atoms with van der Waals surface area (Å²) in [6.45, 7) is 1.13. The second kappa shape index (κ2) is 5.51. The second-order valence-electron chi connectivity index (χ2n) is 5.15.